The molecule has 1 unspecified atom stereocenters. The van der Waals surface area contributed by atoms with Gasteiger partial charge in [-0.3, -0.25) is 0 Å². The Balaban J connectivity index is 1.15. The molecule has 0 bridgehead atoms. The van der Waals surface area contributed by atoms with Crippen LogP contribution in [-0.4, -0.2) is 21.1 Å². The van der Waals surface area contributed by atoms with Gasteiger partial charge in [0, 0.05) is 47.8 Å². The minimum Gasteiger partial charge on any atom is -0.416 e. The number of aromatic nitrogens is 2. The van der Waals surface area contributed by atoms with Gasteiger partial charge in [-0.15, -0.1) is 10.2 Å². The van der Waals surface area contributed by atoms with Crippen LogP contribution in [0.3, 0.4) is 0 Å². The van der Waals surface area contributed by atoms with Crippen LogP contribution >= 0.6 is 23.5 Å². The van der Waals surface area contributed by atoms with Crippen molar-refractivity contribution in [3.8, 4) is 22.9 Å². The van der Waals surface area contributed by atoms with E-state index in [1.165, 1.54) is 53.7 Å². The molecule has 6 aliphatic rings. The second-order valence-electron chi connectivity index (χ2n) is 13.5. The van der Waals surface area contributed by atoms with Gasteiger partial charge in [-0.25, -0.2) is 0 Å². The van der Waals surface area contributed by atoms with Crippen LogP contribution in [0.4, 0.5) is 5.69 Å². The first kappa shape index (κ1) is 30.8. The molecule has 250 valence electrons. The minimum atomic E-state index is 0.101. The minimum absolute atomic E-state index is 0.101. The Morgan fingerprint density at radius 2 is 1.37 bits per heavy atom. The third-order valence-electron chi connectivity index (χ3n) is 10.3. The fraction of sp³-hybridized carbons (Fsp3) is 0.182. The molecular formula is C44H36N4OS2. The second-order valence-corrected chi connectivity index (χ2v) is 15.7. The summed E-state index contributed by atoms with van der Waals surface area (Å²) in [4.78, 5) is 10.8. The van der Waals surface area contributed by atoms with E-state index in [1.807, 2.05) is 53.9 Å². The monoisotopic (exact) mass is 700 g/mol. The number of fused-ring (bicyclic) bond motifs is 1. The first-order chi connectivity index (χ1) is 25.3. The molecule has 10 rings (SSSR count). The summed E-state index contributed by atoms with van der Waals surface area (Å²) in [6, 6.07) is 27.6. The van der Waals surface area contributed by atoms with Crippen LogP contribution in [0.25, 0.3) is 28.5 Å². The predicted octanol–water partition coefficient (Wildman–Crippen LogP) is 11.8. The van der Waals surface area contributed by atoms with Crippen LogP contribution in [0, 0.1) is 0 Å². The van der Waals surface area contributed by atoms with E-state index in [-0.39, 0.29) is 6.04 Å². The highest BCUT2D eigenvalue weighted by Gasteiger charge is 2.36. The van der Waals surface area contributed by atoms with Crippen molar-refractivity contribution >= 4 is 34.8 Å². The van der Waals surface area contributed by atoms with E-state index >= 15 is 0 Å². The molecule has 0 spiro atoms. The molecule has 4 aromatic rings. The topological polar surface area (TPSA) is 45.4 Å². The van der Waals surface area contributed by atoms with E-state index < -0.39 is 0 Å². The van der Waals surface area contributed by atoms with Crippen molar-refractivity contribution < 1.29 is 4.42 Å². The molecular weight excluding hydrogens is 665 g/mol. The summed E-state index contributed by atoms with van der Waals surface area (Å²) in [6.45, 7) is 0. The number of para-hydroxylation sites is 1. The van der Waals surface area contributed by atoms with Crippen LogP contribution in [-0.2, 0) is 0 Å². The summed E-state index contributed by atoms with van der Waals surface area (Å²) in [5.41, 5.74) is 11.0. The Morgan fingerprint density at radius 3 is 2.25 bits per heavy atom. The molecule has 3 heterocycles. The van der Waals surface area contributed by atoms with Crippen LogP contribution in [0.15, 0.2) is 174 Å². The Labute approximate surface area is 307 Å². The zero-order valence-corrected chi connectivity index (χ0v) is 29.8. The third-order valence-corrected chi connectivity index (χ3v) is 12.7. The Hall–Kier alpha value is -4.98. The molecule has 0 saturated heterocycles. The van der Waals surface area contributed by atoms with Gasteiger partial charge < -0.3 is 14.2 Å². The molecule has 0 saturated carbocycles. The first-order valence-corrected chi connectivity index (χ1v) is 19.6. The summed E-state index contributed by atoms with van der Waals surface area (Å²) in [7, 11) is 0. The van der Waals surface area contributed by atoms with Crippen molar-refractivity contribution in [2.75, 3.05) is 4.90 Å². The molecule has 0 fully saturated rings. The van der Waals surface area contributed by atoms with Crippen molar-refractivity contribution in [1.82, 2.24) is 15.1 Å². The van der Waals surface area contributed by atoms with Gasteiger partial charge in [-0.1, -0.05) is 102 Å². The van der Waals surface area contributed by atoms with Gasteiger partial charge in [-0.2, -0.15) is 0 Å². The first-order valence-electron chi connectivity index (χ1n) is 17.9. The molecule has 5 nitrogen and oxygen atoms in total. The van der Waals surface area contributed by atoms with Crippen LogP contribution in [0.1, 0.15) is 50.5 Å². The SMILES string of the molecule is C1=CC2=C(CC1)SC1=C(CCC=C1)N2C1=CC(N2C3=C(C=CCC3)Sc3ccccc32)CC(c2ccccc2-c2nnc(-c3ccccc3)o2)=C1. The average molecular weight is 701 g/mol. The molecule has 4 aliphatic carbocycles. The van der Waals surface area contributed by atoms with Crippen molar-refractivity contribution in [3.05, 3.63) is 171 Å². The Kier molecular flexibility index (Phi) is 7.83. The number of rotatable bonds is 5. The van der Waals surface area contributed by atoms with Gasteiger partial charge >= 0.3 is 0 Å². The summed E-state index contributed by atoms with van der Waals surface area (Å²) >= 11 is 3.88. The average Bonchev–Trinajstić information content (AvgIpc) is 3.70. The number of nitrogens with zero attached hydrogens (tertiary/aromatic N) is 4. The number of hydrogen-bond donors (Lipinski definition) is 0. The molecule has 2 aliphatic heterocycles. The van der Waals surface area contributed by atoms with Crippen LogP contribution < -0.4 is 4.90 Å². The van der Waals surface area contributed by atoms with Gasteiger partial charge in [0.25, 0.3) is 0 Å². The number of anilines is 1. The van der Waals surface area contributed by atoms with Gasteiger partial charge in [-0.05, 0) is 105 Å². The summed E-state index contributed by atoms with van der Waals surface area (Å²) in [5, 5.41) is 9.08. The third kappa shape index (κ3) is 5.51. The number of allylic oxidation sites excluding steroid dienone is 10. The highest BCUT2D eigenvalue weighted by molar-refractivity contribution is 8.07. The van der Waals surface area contributed by atoms with Crippen LogP contribution in [0.2, 0.25) is 0 Å². The standard InChI is InChI=1S/C44H36N4OS2/c1-2-14-29(15-3-1)43-45-46-44(49-43)34-17-5-4-16-33(34)30-26-31(47-35-18-6-10-22-39(35)50-40-23-11-7-19-36(40)47)28-32(27-30)48-37-20-8-12-24-41(37)51-42-25-13-9-21-38(42)48/h1-6,8,10-11,13-18,20,22-23,25,27-28,31H,7,9,12,19,21,24,26H2. The fourth-order valence-corrected chi connectivity index (χ4v) is 10.4. The van der Waals surface area contributed by atoms with Crippen molar-refractivity contribution in [1.29, 1.82) is 0 Å². The lowest BCUT2D eigenvalue weighted by Crippen LogP contribution is -2.39. The predicted molar refractivity (Wildman–Crippen MR) is 210 cm³/mol. The fourth-order valence-electron chi connectivity index (χ4n) is 8.04. The molecule has 0 N–H and O–H groups in total. The lowest BCUT2D eigenvalue weighted by Gasteiger charge is -2.44. The van der Waals surface area contributed by atoms with Crippen molar-refractivity contribution in [2.45, 2.75) is 55.9 Å². The maximum atomic E-state index is 6.39. The summed E-state index contributed by atoms with van der Waals surface area (Å²) in [6.07, 6.45) is 26.2. The van der Waals surface area contributed by atoms with E-state index in [2.05, 4.69) is 117 Å². The highest BCUT2D eigenvalue weighted by atomic mass is 32.2. The van der Waals surface area contributed by atoms with Crippen molar-refractivity contribution in [3.63, 3.8) is 0 Å². The zero-order valence-electron chi connectivity index (χ0n) is 28.2. The largest absolute Gasteiger partial charge is 0.416 e. The molecule has 7 heteroatoms. The van der Waals surface area contributed by atoms with Gasteiger partial charge in [0.05, 0.1) is 17.4 Å². The smallest absolute Gasteiger partial charge is 0.248 e. The molecule has 1 aromatic heterocycles. The molecule has 0 amide bonds. The number of thioether (sulfide) groups is 2. The molecule has 0 radical (unpaired) electrons. The number of hydrogen-bond acceptors (Lipinski definition) is 7. The maximum absolute atomic E-state index is 6.39. The zero-order chi connectivity index (χ0) is 33.7. The Bertz CT molecular complexity index is 2320. The lowest BCUT2D eigenvalue weighted by atomic mass is 9.87. The summed E-state index contributed by atoms with van der Waals surface area (Å²) in [5.74, 6) is 1.07. The maximum Gasteiger partial charge on any atom is 0.248 e. The van der Waals surface area contributed by atoms with Crippen LogP contribution in [0.5, 0.6) is 0 Å². The Morgan fingerprint density at radius 1 is 0.667 bits per heavy atom. The van der Waals surface area contributed by atoms with E-state index in [9.17, 15) is 0 Å². The van der Waals surface area contributed by atoms with E-state index in [0.717, 1.165) is 61.6 Å². The van der Waals surface area contributed by atoms with Gasteiger partial charge in [0.1, 0.15) is 0 Å². The molecule has 3 aromatic carbocycles. The van der Waals surface area contributed by atoms with Gasteiger partial charge in [0.15, 0.2) is 0 Å². The molecule has 1 atom stereocenters. The lowest BCUT2D eigenvalue weighted by molar-refractivity contribution is 0.508. The van der Waals surface area contributed by atoms with E-state index in [1.54, 1.807) is 0 Å². The normalized spacial score (nSPS) is 20.9. The van der Waals surface area contributed by atoms with Crippen molar-refractivity contribution in [2.24, 2.45) is 0 Å². The second kappa shape index (κ2) is 13.0. The van der Waals surface area contributed by atoms with E-state index in [0.29, 0.717) is 11.8 Å². The molecule has 51 heavy (non-hydrogen) atoms. The van der Waals surface area contributed by atoms with Gasteiger partial charge in [0.2, 0.25) is 11.8 Å². The number of benzene rings is 3. The van der Waals surface area contributed by atoms with E-state index in [4.69, 9.17) is 4.42 Å². The summed E-state index contributed by atoms with van der Waals surface area (Å²) < 4.78 is 6.39. The quantitative estimate of drug-likeness (QED) is 0.205. The highest BCUT2D eigenvalue weighted by Crippen LogP contribution is 2.52.